The summed E-state index contributed by atoms with van der Waals surface area (Å²) in [4.78, 5) is 3.91. The number of nitrogen functional groups attached to an aromatic ring is 2. The van der Waals surface area contributed by atoms with Crippen LogP contribution in [0.1, 0.15) is 0 Å². The smallest absolute Gasteiger partial charge is 0.147 e. The van der Waals surface area contributed by atoms with Crippen molar-refractivity contribution in [3.8, 4) is 0 Å². The molecule has 0 aliphatic heterocycles. The lowest BCUT2D eigenvalue weighted by molar-refractivity contribution is 1.29. The molecule has 0 aliphatic carbocycles. The molecular formula is C5H6IN3. The van der Waals surface area contributed by atoms with Crippen LogP contribution < -0.4 is 11.5 Å². The number of rotatable bonds is 0. The molecule has 4 heteroatoms. The van der Waals surface area contributed by atoms with E-state index in [-0.39, 0.29) is 0 Å². The summed E-state index contributed by atoms with van der Waals surface area (Å²) in [7, 11) is 0. The van der Waals surface area contributed by atoms with Crippen LogP contribution in [0.4, 0.5) is 11.5 Å². The molecule has 1 heterocycles. The largest absolute Gasteiger partial charge is 0.396 e. The molecule has 9 heavy (non-hydrogen) atoms. The van der Waals surface area contributed by atoms with E-state index in [1.54, 1.807) is 6.07 Å². The Morgan fingerprint density at radius 1 is 1.33 bits per heavy atom. The van der Waals surface area contributed by atoms with Crippen LogP contribution in [-0.4, -0.2) is 4.98 Å². The van der Waals surface area contributed by atoms with Crippen molar-refractivity contribution in [1.82, 2.24) is 4.98 Å². The molecule has 3 nitrogen and oxygen atoms in total. The Balaban J connectivity index is 3.17. The SMILES string of the molecule is Nc1ccc(I)nc1N. The maximum Gasteiger partial charge on any atom is 0.147 e. The predicted molar refractivity (Wildman–Crippen MR) is 45.8 cm³/mol. The van der Waals surface area contributed by atoms with Crippen LogP contribution in [0.5, 0.6) is 0 Å². The van der Waals surface area contributed by atoms with Gasteiger partial charge in [-0.3, -0.25) is 0 Å². The van der Waals surface area contributed by atoms with E-state index in [0.717, 1.165) is 3.70 Å². The second-order valence-electron chi connectivity index (χ2n) is 1.61. The Hall–Kier alpha value is -0.520. The summed E-state index contributed by atoms with van der Waals surface area (Å²) in [5.74, 6) is 0.405. The molecule has 0 atom stereocenters. The van der Waals surface area contributed by atoms with Gasteiger partial charge in [0, 0.05) is 0 Å². The van der Waals surface area contributed by atoms with Crippen molar-refractivity contribution in [3.05, 3.63) is 15.8 Å². The lowest BCUT2D eigenvalue weighted by Gasteiger charge is -1.96. The molecule has 0 unspecified atom stereocenters. The van der Waals surface area contributed by atoms with Gasteiger partial charge in [-0.15, -0.1) is 0 Å². The average molecular weight is 235 g/mol. The number of aromatic nitrogens is 1. The minimum atomic E-state index is 0.405. The van der Waals surface area contributed by atoms with E-state index in [1.165, 1.54) is 0 Å². The molecular weight excluding hydrogens is 229 g/mol. The summed E-state index contributed by atoms with van der Waals surface area (Å²) in [6.45, 7) is 0. The van der Waals surface area contributed by atoms with Gasteiger partial charge in [0.15, 0.2) is 0 Å². The van der Waals surface area contributed by atoms with Crippen LogP contribution >= 0.6 is 22.6 Å². The van der Waals surface area contributed by atoms with Crippen molar-refractivity contribution >= 4 is 34.1 Å². The van der Waals surface area contributed by atoms with Crippen LogP contribution in [0.25, 0.3) is 0 Å². The summed E-state index contributed by atoms with van der Waals surface area (Å²) in [6.07, 6.45) is 0. The minimum absolute atomic E-state index is 0.405. The summed E-state index contributed by atoms with van der Waals surface area (Å²) < 4.78 is 0.860. The zero-order valence-electron chi connectivity index (χ0n) is 4.63. The zero-order valence-corrected chi connectivity index (χ0v) is 6.79. The standard InChI is InChI=1S/C5H6IN3/c6-4-2-1-3(7)5(8)9-4/h1-2H,7H2,(H2,8,9). The Morgan fingerprint density at radius 2 is 2.00 bits per heavy atom. The lowest BCUT2D eigenvalue weighted by Crippen LogP contribution is -1.97. The fourth-order valence-electron chi connectivity index (χ4n) is 0.461. The highest BCUT2D eigenvalue weighted by molar-refractivity contribution is 14.1. The third-order valence-corrected chi connectivity index (χ3v) is 1.52. The summed E-state index contributed by atoms with van der Waals surface area (Å²) in [5.41, 5.74) is 11.3. The minimum Gasteiger partial charge on any atom is -0.396 e. The van der Waals surface area contributed by atoms with Crippen LogP contribution in [0.2, 0.25) is 0 Å². The molecule has 1 rings (SSSR count). The molecule has 0 saturated carbocycles. The highest BCUT2D eigenvalue weighted by atomic mass is 127. The number of anilines is 2. The number of hydrogen-bond donors (Lipinski definition) is 2. The summed E-state index contributed by atoms with van der Waals surface area (Å²) >= 11 is 2.08. The first-order valence-electron chi connectivity index (χ1n) is 2.37. The molecule has 1 aromatic heterocycles. The van der Waals surface area contributed by atoms with Crippen LogP contribution in [-0.2, 0) is 0 Å². The molecule has 0 aliphatic rings. The van der Waals surface area contributed by atoms with E-state index in [4.69, 9.17) is 11.5 Å². The number of hydrogen-bond acceptors (Lipinski definition) is 3. The monoisotopic (exact) mass is 235 g/mol. The maximum absolute atomic E-state index is 5.40. The first-order valence-corrected chi connectivity index (χ1v) is 3.45. The average Bonchev–Trinajstić information content (AvgIpc) is 1.80. The normalized spacial score (nSPS) is 9.44. The number of pyridine rings is 1. The van der Waals surface area contributed by atoms with Crippen molar-refractivity contribution in [2.45, 2.75) is 0 Å². The Labute approximate surface area is 66.6 Å². The van der Waals surface area contributed by atoms with Gasteiger partial charge in [0.05, 0.1) is 5.69 Å². The van der Waals surface area contributed by atoms with Gasteiger partial charge in [-0.05, 0) is 34.7 Å². The third kappa shape index (κ3) is 1.44. The van der Waals surface area contributed by atoms with Gasteiger partial charge in [0.25, 0.3) is 0 Å². The quantitative estimate of drug-likeness (QED) is 0.517. The van der Waals surface area contributed by atoms with Gasteiger partial charge in [-0.1, -0.05) is 0 Å². The van der Waals surface area contributed by atoms with E-state index in [1.807, 2.05) is 6.07 Å². The van der Waals surface area contributed by atoms with Crippen LogP contribution in [0.15, 0.2) is 12.1 Å². The maximum atomic E-state index is 5.40. The molecule has 0 bridgehead atoms. The van der Waals surface area contributed by atoms with E-state index in [2.05, 4.69) is 27.6 Å². The summed E-state index contributed by atoms with van der Waals surface area (Å²) in [6, 6.07) is 3.55. The van der Waals surface area contributed by atoms with Gasteiger partial charge in [0.2, 0.25) is 0 Å². The molecule has 1 aromatic rings. The molecule has 0 amide bonds. The fourth-order valence-corrected chi connectivity index (χ4v) is 0.900. The Morgan fingerprint density at radius 3 is 2.44 bits per heavy atom. The highest BCUT2D eigenvalue weighted by Gasteiger charge is 1.93. The summed E-state index contributed by atoms with van der Waals surface area (Å²) in [5, 5.41) is 0. The highest BCUT2D eigenvalue weighted by Crippen LogP contribution is 2.11. The van der Waals surface area contributed by atoms with E-state index in [9.17, 15) is 0 Å². The predicted octanol–water partition coefficient (Wildman–Crippen LogP) is 0.851. The van der Waals surface area contributed by atoms with E-state index >= 15 is 0 Å². The fraction of sp³-hybridized carbons (Fsp3) is 0. The van der Waals surface area contributed by atoms with Crippen molar-refractivity contribution in [1.29, 1.82) is 0 Å². The zero-order chi connectivity index (χ0) is 6.85. The third-order valence-electron chi connectivity index (χ3n) is 0.923. The topological polar surface area (TPSA) is 64.9 Å². The van der Waals surface area contributed by atoms with Crippen LogP contribution in [0.3, 0.4) is 0 Å². The number of nitrogens with zero attached hydrogens (tertiary/aromatic N) is 1. The number of nitrogens with two attached hydrogens (primary N) is 2. The Kier molecular flexibility index (Phi) is 1.75. The van der Waals surface area contributed by atoms with E-state index in [0.29, 0.717) is 11.5 Å². The molecule has 4 N–H and O–H groups in total. The van der Waals surface area contributed by atoms with E-state index < -0.39 is 0 Å². The van der Waals surface area contributed by atoms with Crippen molar-refractivity contribution in [2.75, 3.05) is 11.5 Å². The Bertz CT molecular complexity index is 223. The van der Waals surface area contributed by atoms with Gasteiger partial charge in [-0.2, -0.15) is 0 Å². The van der Waals surface area contributed by atoms with Gasteiger partial charge < -0.3 is 11.5 Å². The first kappa shape index (κ1) is 6.60. The molecule has 0 spiro atoms. The molecule has 0 saturated heterocycles. The molecule has 0 fully saturated rings. The number of halogens is 1. The van der Waals surface area contributed by atoms with Crippen LogP contribution in [0, 0.1) is 3.70 Å². The lowest BCUT2D eigenvalue weighted by atomic mass is 10.4. The van der Waals surface area contributed by atoms with Crippen molar-refractivity contribution < 1.29 is 0 Å². The second kappa shape index (κ2) is 2.38. The van der Waals surface area contributed by atoms with Crippen molar-refractivity contribution in [3.63, 3.8) is 0 Å². The first-order chi connectivity index (χ1) is 4.20. The van der Waals surface area contributed by atoms with Gasteiger partial charge in [-0.25, -0.2) is 4.98 Å². The molecule has 0 radical (unpaired) electrons. The molecule has 0 aromatic carbocycles. The molecule has 48 valence electrons. The van der Waals surface area contributed by atoms with Crippen molar-refractivity contribution in [2.24, 2.45) is 0 Å². The second-order valence-corrected chi connectivity index (χ2v) is 2.71. The van der Waals surface area contributed by atoms with Gasteiger partial charge >= 0.3 is 0 Å². The van der Waals surface area contributed by atoms with Gasteiger partial charge in [0.1, 0.15) is 9.52 Å².